The average molecular weight is 304 g/mol. The molecular weight excluding hydrogens is 284 g/mol. The van der Waals surface area contributed by atoms with Crippen molar-refractivity contribution in [2.45, 2.75) is 26.7 Å². The van der Waals surface area contributed by atoms with Crippen molar-refractivity contribution in [3.63, 3.8) is 0 Å². The van der Waals surface area contributed by atoms with Crippen LogP contribution in [0.2, 0.25) is 0 Å². The van der Waals surface area contributed by atoms with Crippen LogP contribution in [-0.4, -0.2) is 25.0 Å². The molecule has 0 saturated heterocycles. The van der Waals surface area contributed by atoms with E-state index in [-0.39, 0.29) is 5.91 Å². The molecule has 0 saturated carbocycles. The van der Waals surface area contributed by atoms with Gasteiger partial charge in [0.05, 0.1) is 12.8 Å². The van der Waals surface area contributed by atoms with Crippen molar-refractivity contribution < 1.29 is 9.53 Å². The lowest BCUT2D eigenvalue weighted by molar-refractivity contribution is -0.118. The van der Waals surface area contributed by atoms with Gasteiger partial charge in [-0.3, -0.25) is 9.69 Å². The number of hydrogen-bond acceptors (Lipinski definition) is 4. The highest BCUT2D eigenvalue weighted by Gasteiger charge is 2.16. The van der Waals surface area contributed by atoms with E-state index in [4.69, 9.17) is 4.74 Å². The summed E-state index contributed by atoms with van der Waals surface area (Å²) in [5.41, 5.74) is 2.03. The SMILES string of the molecule is COc1ccccc1CCC(=O)N(C)c1nc(C)c(C)s1. The van der Waals surface area contributed by atoms with Crippen LogP contribution in [-0.2, 0) is 11.2 Å². The van der Waals surface area contributed by atoms with Crippen LogP contribution in [0.25, 0.3) is 0 Å². The number of aryl methyl sites for hydroxylation is 3. The summed E-state index contributed by atoms with van der Waals surface area (Å²) in [5.74, 6) is 0.892. The topological polar surface area (TPSA) is 42.4 Å². The lowest BCUT2D eigenvalue weighted by Gasteiger charge is -2.14. The monoisotopic (exact) mass is 304 g/mol. The molecule has 4 nitrogen and oxygen atoms in total. The molecule has 2 aromatic rings. The molecule has 5 heteroatoms. The molecule has 1 amide bonds. The molecule has 0 N–H and O–H groups in total. The Bertz CT molecular complexity index is 617. The predicted molar refractivity (Wildman–Crippen MR) is 86.3 cm³/mol. The molecule has 1 aromatic carbocycles. The molecule has 1 heterocycles. The number of thiazole rings is 1. The van der Waals surface area contributed by atoms with E-state index in [9.17, 15) is 4.79 Å². The minimum atomic E-state index is 0.0645. The number of hydrogen-bond donors (Lipinski definition) is 0. The van der Waals surface area contributed by atoms with Gasteiger partial charge in [-0.15, -0.1) is 11.3 Å². The summed E-state index contributed by atoms with van der Waals surface area (Å²) in [6.45, 7) is 3.98. The zero-order chi connectivity index (χ0) is 15.4. The van der Waals surface area contributed by atoms with Crippen LogP contribution in [0, 0.1) is 13.8 Å². The van der Waals surface area contributed by atoms with Crippen molar-refractivity contribution in [1.82, 2.24) is 4.98 Å². The standard InChI is InChI=1S/C16H20N2O2S/c1-11-12(2)21-16(17-11)18(3)15(19)10-9-13-7-5-6-8-14(13)20-4/h5-8H,9-10H2,1-4H3. The minimum Gasteiger partial charge on any atom is -0.496 e. The molecule has 0 bridgehead atoms. The lowest BCUT2D eigenvalue weighted by Crippen LogP contribution is -2.26. The van der Waals surface area contributed by atoms with Gasteiger partial charge in [-0.05, 0) is 31.9 Å². The van der Waals surface area contributed by atoms with Crippen LogP contribution in [0.3, 0.4) is 0 Å². The highest BCUT2D eigenvalue weighted by molar-refractivity contribution is 7.15. The highest BCUT2D eigenvalue weighted by atomic mass is 32.1. The number of ether oxygens (including phenoxy) is 1. The van der Waals surface area contributed by atoms with E-state index < -0.39 is 0 Å². The predicted octanol–water partition coefficient (Wildman–Crippen LogP) is 3.36. The normalized spacial score (nSPS) is 10.5. The fraction of sp³-hybridized carbons (Fsp3) is 0.375. The first-order valence-electron chi connectivity index (χ1n) is 6.85. The van der Waals surface area contributed by atoms with Crippen molar-refractivity contribution in [2.75, 3.05) is 19.1 Å². The molecule has 0 unspecified atom stereocenters. The fourth-order valence-corrected chi connectivity index (χ4v) is 2.91. The van der Waals surface area contributed by atoms with Gasteiger partial charge >= 0.3 is 0 Å². The average Bonchev–Trinajstić information content (AvgIpc) is 2.83. The number of methoxy groups -OCH3 is 1. The number of rotatable bonds is 5. The number of nitrogens with zero attached hydrogens (tertiary/aromatic N) is 2. The number of para-hydroxylation sites is 1. The summed E-state index contributed by atoms with van der Waals surface area (Å²) in [7, 11) is 3.43. The Kier molecular flexibility index (Phi) is 4.96. The summed E-state index contributed by atoms with van der Waals surface area (Å²) in [4.78, 5) is 19.5. The van der Waals surface area contributed by atoms with Gasteiger partial charge in [0.15, 0.2) is 5.13 Å². The van der Waals surface area contributed by atoms with Crippen LogP contribution in [0.15, 0.2) is 24.3 Å². The van der Waals surface area contributed by atoms with Gasteiger partial charge in [-0.2, -0.15) is 0 Å². The number of carbonyl (C=O) groups is 1. The first-order valence-corrected chi connectivity index (χ1v) is 7.67. The Morgan fingerprint density at radius 1 is 1.33 bits per heavy atom. The Balaban J connectivity index is 2.01. The van der Waals surface area contributed by atoms with E-state index in [2.05, 4.69) is 4.98 Å². The minimum absolute atomic E-state index is 0.0645. The molecule has 0 atom stereocenters. The van der Waals surface area contributed by atoms with Crippen molar-refractivity contribution in [1.29, 1.82) is 0 Å². The maximum absolute atomic E-state index is 12.3. The van der Waals surface area contributed by atoms with Gasteiger partial charge < -0.3 is 4.74 Å². The van der Waals surface area contributed by atoms with Crippen LogP contribution < -0.4 is 9.64 Å². The summed E-state index contributed by atoms with van der Waals surface area (Å²) in [6, 6.07) is 7.79. The Morgan fingerprint density at radius 3 is 2.67 bits per heavy atom. The van der Waals surface area contributed by atoms with E-state index in [1.807, 2.05) is 38.1 Å². The first-order chi connectivity index (χ1) is 10.0. The fourth-order valence-electron chi connectivity index (χ4n) is 2.02. The van der Waals surface area contributed by atoms with Gasteiger partial charge in [0.2, 0.25) is 5.91 Å². The quantitative estimate of drug-likeness (QED) is 0.850. The van der Waals surface area contributed by atoms with Gasteiger partial charge in [0, 0.05) is 18.3 Å². The summed E-state index contributed by atoms with van der Waals surface area (Å²) >= 11 is 1.55. The van der Waals surface area contributed by atoms with Crippen LogP contribution in [0.4, 0.5) is 5.13 Å². The molecule has 2 rings (SSSR count). The van der Waals surface area contributed by atoms with E-state index >= 15 is 0 Å². The van der Waals surface area contributed by atoms with E-state index in [1.165, 1.54) is 0 Å². The van der Waals surface area contributed by atoms with E-state index in [1.54, 1.807) is 30.4 Å². The molecular formula is C16H20N2O2S. The maximum Gasteiger partial charge on any atom is 0.228 e. The Labute approximate surface area is 129 Å². The van der Waals surface area contributed by atoms with Crippen molar-refractivity contribution in [3.8, 4) is 5.75 Å². The number of carbonyl (C=O) groups excluding carboxylic acids is 1. The summed E-state index contributed by atoms with van der Waals surface area (Å²) in [6.07, 6.45) is 1.10. The smallest absolute Gasteiger partial charge is 0.228 e. The lowest BCUT2D eigenvalue weighted by atomic mass is 10.1. The molecule has 0 spiro atoms. The highest BCUT2D eigenvalue weighted by Crippen LogP contribution is 2.25. The number of anilines is 1. The molecule has 0 radical (unpaired) electrons. The maximum atomic E-state index is 12.3. The number of aromatic nitrogens is 1. The molecule has 112 valence electrons. The second-order valence-corrected chi connectivity index (χ2v) is 6.08. The van der Waals surface area contributed by atoms with Crippen molar-refractivity contribution >= 4 is 22.4 Å². The van der Waals surface area contributed by atoms with Crippen LogP contribution in [0.5, 0.6) is 5.75 Å². The molecule has 0 aliphatic rings. The van der Waals surface area contributed by atoms with Crippen LogP contribution >= 0.6 is 11.3 Å². The Morgan fingerprint density at radius 2 is 2.05 bits per heavy atom. The molecule has 21 heavy (non-hydrogen) atoms. The van der Waals surface area contributed by atoms with E-state index in [0.29, 0.717) is 12.8 Å². The van der Waals surface area contributed by atoms with Gasteiger partial charge in [-0.1, -0.05) is 18.2 Å². The molecule has 0 aliphatic carbocycles. The third-order valence-electron chi connectivity index (χ3n) is 3.48. The largest absolute Gasteiger partial charge is 0.496 e. The third kappa shape index (κ3) is 3.61. The molecule has 1 aromatic heterocycles. The van der Waals surface area contributed by atoms with Gasteiger partial charge in [0.1, 0.15) is 5.75 Å². The Hall–Kier alpha value is -1.88. The summed E-state index contributed by atoms with van der Waals surface area (Å²) in [5, 5.41) is 0.759. The zero-order valence-electron chi connectivity index (χ0n) is 12.8. The van der Waals surface area contributed by atoms with Crippen LogP contribution in [0.1, 0.15) is 22.6 Å². The second kappa shape index (κ2) is 6.72. The number of amides is 1. The van der Waals surface area contributed by atoms with Gasteiger partial charge in [-0.25, -0.2) is 4.98 Å². The molecule has 0 aliphatic heterocycles. The molecule has 0 fully saturated rings. The van der Waals surface area contributed by atoms with E-state index in [0.717, 1.165) is 27.0 Å². The second-order valence-electron chi connectivity index (χ2n) is 4.90. The third-order valence-corrected chi connectivity index (χ3v) is 4.63. The van der Waals surface area contributed by atoms with Gasteiger partial charge in [0.25, 0.3) is 0 Å². The first kappa shape index (κ1) is 15.5. The van der Waals surface area contributed by atoms with Crippen molar-refractivity contribution in [3.05, 3.63) is 40.4 Å². The van der Waals surface area contributed by atoms with Crippen molar-refractivity contribution in [2.24, 2.45) is 0 Å². The zero-order valence-corrected chi connectivity index (χ0v) is 13.7. The number of benzene rings is 1. The summed E-state index contributed by atoms with van der Waals surface area (Å²) < 4.78 is 5.31.